The van der Waals surface area contributed by atoms with Crippen molar-refractivity contribution in [3.05, 3.63) is 20.1 Å². The van der Waals surface area contributed by atoms with E-state index in [1.54, 1.807) is 0 Å². The third kappa shape index (κ3) is 2.28. The van der Waals surface area contributed by atoms with Crippen LogP contribution in [0.15, 0.2) is 9.98 Å². The Balaban J connectivity index is 3.78. The van der Waals surface area contributed by atoms with E-state index in [2.05, 4.69) is 9.98 Å². The Morgan fingerprint density at radius 2 is 1.06 bits per heavy atom. The normalized spacial score (nSPS) is 9.25. The molecule has 0 spiro atoms. The SMILES string of the molecule is O=C=Nc1c(Cl)c(Cl)c(Cl)c(N=C=O)c1Cl. The number of rotatable bonds is 2. The van der Waals surface area contributed by atoms with Crippen LogP contribution in [-0.4, -0.2) is 12.2 Å². The number of nitrogens with zero attached hydrogens (tertiary/aromatic N) is 2. The maximum absolute atomic E-state index is 10.2. The Bertz CT molecular complexity index is 500. The Hall–Kier alpha value is -0.860. The van der Waals surface area contributed by atoms with Crippen molar-refractivity contribution in [3.8, 4) is 0 Å². The van der Waals surface area contributed by atoms with Gasteiger partial charge in [0.15, 0.2) is 0 Å². The third-order valence-electron chi connectivity index (χ3n) is 1.53. The molecule has 1 aromatic rings. The summed E-state index contributed by atoms with van der Waals surface area (Å²) >= 11 is 23.0. The molecule has 0 saturated carbocycles. The summed E-state index contributed by atoms with van der Waals surface area (Å²) < 4.78 is 0. The van der Waals surface area contributed by atoms with E-state index in [-0.39, 0.29) is 31.5 Å². The van der Waals surface area contributed by atoms with Gasteiger partial charge in [0.2, 0.25) is 12.2 Å². The smallest absolute Gasteiger partial charge is 0.211 e. The maximum atomic E-state index is 10.2. The van der Waals surface area contributed by atoms with Gasteiger partial charge >= 0.3 is 0 Å². The first-order chi connectivity index (χ1) is 7.54. The van der Waals surface area contributed by atoms with E-state index < -0.39 is 0 Å². The van der Waals surface area contributed by atoms with Crippen LogP contribution < -0.4 is 0 Å². The molecule has 0 aromatic heterocycles. The Morgan fingerprint density at radius 1 is 0.688 bits per heavy atom. The molecular formula is C8Cl4N2O2. The second kappa shape index (κ2) is 5.46. The van der Waals surface area contributed by atoms with Crippen LogP contribution in [0.2, 0.25) is 20.1 Å². The molecule has 0 aliphatic rings. The first-order valence-corrected chi connectivity index (χ1v) is 5.07. The molecule has 0 saturated heterocycles. The number of isocyanates is 2. The van der Waals surface area contributed by atoms with Crippen LogP contribution in [0.5, 0.6) is 0 Å². The molecule has 0 bridgehead atoms. The lowest BCUT2D eigenvalue weighted by atomic mass is 10.2. The zero-order valence-electron chi connectivity index (χ0n) is 7.22. The quantitative estimate of drug-likeness (QED) is 0.355. The van der Waals surface area contributed by atoms with Crippen LogP contribution in [0.3, 0.4) is 0 Å². The Kier molecular flexibility index (Phi) is 4.51. The molecule has 0 amide bonds. The molecule has 0 aliphatic heterocycles. The van der Waals surface area contributed by atoms with E-state index in [9.17, 15) is 9.59 Å². The summed E-state index contributed by atoms with van der Waals surface area (Å²) in [7, 11) is 0. The van der Waals surface area contributed by atoms with Crippen LogP contribution >= 0.6 is 46.4 Å². The van der Waals surface area contributed by atoms with Gasteiger partial charge in [0.05, 0.1) is 20.1 Å². The summed E-state index contributed by atoms with van der Waals surface area (Å²) in [6, 6.07) is 0. The molecule has 0 radical (unpaired) electrons. The zero-order valence-corrected chi connectivity index (χ0v) is 10.2. The molecule has 1 rings (SSSR count). The number of halogens is 4. The number of hydrogen-bond donors (Lipinski definition) is 0. The van der Waals surface area contributed by atoms with Gasteiger partial charge in [-0.2, -0.15) is 9.98 Å². The highest BCUT2D eigenvalue weighted by Gasteiger charge is 2.20. The van der Waals surface area contributed by atoms with Crippen molar-refractivity contribution in [1.82, 2.24) is 0 Å². The van der Waals surface area contributed by atoms with E-state index in [4.69, 9.17) is 46.4 Å². The van der Waals surface area contributed by atoms with Crippen molar-refractivity contribution < 1.29 is 9.59 Å². The van der Waals surface area contributed by atoms with Crippen LogP contribution in [-0.2, 0) is 9.59 Å². The fourth-order valence-corrected chi connectivity index (χ4v) is 1.96. The number of benzene rings is 1. The predicted molar refractivity (Wildman–Crippen MR) is 62.0 cm³/mol. The number of aliphatic imine (C=N–C) groups is 2. The fraction of sp³-hybridized carbons (Fsp3) is 0. The van der Waals surface area contributed by atoms with Crippen molar-refractivity contribution >= 4 is 69.9 Å². The highest BCUT2D eigenvalue weighted by Crippen LogP contribution is 2.49. The van der Waals surface area contributed by atoms with Crippen LogP contribution in [0.25, 0.3) is 0 Å². The predicted octanol–water partition coefficient (Wildman–Crippen LogP) is 4.23. The average molecular weight is 298 g/mol. The van der Waals surface area contributed by atoms with Crippen molar-refractivity contribution in [1.29, 1.82) is 0 Å². The second-order valence-corrected chi connectivity index (χ2v) is 3.87. The number of carbonyl (C=O) groups excluding carboxylic acids is 2. The molecule has 0 unspecified atom stereocenters. The monoisotopic (exact) mass is 296 g/mol. The van der Waals surface area contributed by atoms with E-state index in [0.717, 1.165) is 0 Å². The van der Waals surface area contributed by atoms with Gasteiger partial charge in [-0.05, 0) is 0 Å². The topological polar surface area (TPSA) is 58.9 Å². The molecule has 4 nitrogen and oxygen atoms in total. The molecule has 16 heavy (non-hydrogen) atoms. The van der Waals surface area contributed by atoms with Crippen molar-refractivity contribution in [2.45, 2.75) is 0 Å². The minimum atomic E-state index is -0.175. The number of hydrogen-bond acceptors (Lipinski definition) is 4. The standard InChI is InChI=1S/C8Cl4N2O2/c9-3-4(10)7(13-1-15)6(12)8(5(3)11)14-2-16. The lowest BCUT2D eigenvalue weighted by molar-refractivity contribution is 0.565. The Morgan fingerprint density at radius 3 is 1.38 bits per heavy atom. The van der Waals surface area contributed by atoms with Gasteiger partial charge in [0.1, 0.15) is 11.4 Å². The lowest BCUT2D eigenvalue weighted by Crippen LogP contribution is -1.79. The molecular weight excluding hydrogens is 298 g/mol. The molecule has 0 fully saturated rings. The Labute approximate surface area is 109 Å². The maximum Gasteiger partial charge on any atom is 0.240 e. The largest absolute Gasteiger partial charge is 0.240 e. The van der Waals surface area contributed by atoms with E-state index in [1.807, 2.05) is 0 Å². The highest BCUT2D eigenvalue weighted by atomic mass is 35.5. The van der Waals surface area contributed by atoms with Crippen molar-refractivity contribution in [2.24, 2.45) is 9.98 Å². The molecule has 0 atom stereocenters. The summed E-state index contributed by atoms with van der Waals surface area (Å²) in [4.78, 5) is 26.8. The lowest BCUT2D eigenvalue weighted by Gasteiger charge is -2.07. The van der Waals surface area contributed by atoms with Crippen LogP contribution in [0.1, 0.15) is 0 Å². The van der Waals surface area contributed by atoms with E-state index in [1.165, 1.54) is 12.2 Å². The first kappa shape index (κ1) is 13.2. The second-order valence-electron chi connectivity index (χ2n) is 2.36. The van der Waals surface area contributed by atoms with Gasteiger partial charge in [-0.1, -0.05) is 46.4 Å². The van der Waals surface area contributed by atoms with E-state index in [0.29, 0.717) is 0 Å². The highest BCUT2D eigenvalue weighted by molar-refractivity contribution is 6.52. The molecule has 1 aromatic carbocycles. The summed E-state index contributed by atoms with van der Waals surface area (Å²) in [6.07, 6.45) is 2.49. The third-order valence-corrected chi connectivity index (χ3v) is 3.20. The average Bonchev–Trinajstić information content (AvgIpc) is 2.28. The zero-order chi connectivity index (χ0) is 12.3. The molecule has 0 aliphatic carbocycles. The van der Waals surface area contributed by atoms with Gasteiger partial charge in [0, 0.05) is 0 Å². The summed E-state index contributed by atoms with van der Waals surface area (Å²) in [5, 5.41) is -0.531. The van der Waals surface area contributed by atoms with Crippen LogP contribution in [0.4, 0.5) is 11.4 Å². The summed E-state index contributed by atoms with van der Waals surface area (Å²) in [5.41, 5.74) is -0.302. The van der Waals surface area contributed by atoms with Crippen molar-refractivity contribution in [2.75, 3.05) is 0 Å². The van der Waals surface area contributed by atoms with Gasteiger partial charge in [-0.3, -0.25) is 0 Å². The molecule has 8 heteroatoms. The van der Waals surface area contributed by atoms with Crippen molar-refractivity contribution in [3.63, 3.8) is 0 Å². The molecule has 0 heterocycles. The van der Waals surface area contributed by atoms with Gasteiger partial charge in [-0.25, -0.2) is 9.59 Å². The first-order valence-electron chi connectivity index (χ1n) is 3.56. The van der Waals surface area contributed by atoms with Crippen LogP contribution in [0, 0.1) is 0 Å². The van der Waals surface area contributed by atoms with E-state index >= 15 is 0 Å². The summed E-state index contributed by atoms with van der Waals surface area (Å²) in [6.45, 7) is 0. The minimum Gasteiger partial charge on any atom is -0.211 e. The molecule has 0 N–H and O–H groups in total. The minimum absolute atomic E-state index is 0.115. The summed E-state index contributed by atoms with van der Waals surface area (Å²) in [5.74, 6) is 0. The molecule has 82 valence electrons. The fourth-order valence-electron chi connectivity index (χ4n) is 0.897. The van der Waals surface area contributed by atoms with Gasteiger partial charge in [-0.15, -0.1) is 0 Å². The van der Waals surface area contributed by atoms with Gasteiger partial charge < -0.3 is 0 Å². The van der Waals surface area contributed by atoms with Gasteiger partial charge in [0.25, 0.3) is 0 Å².